The first kappa shape index (κ1) is 17.0. The highest BCUT2D eigenvalue weighted by molar-refractivity contribution is 5.85. The van der Waals surface area contributed by atoms with E-state index >= 15 is 0 Å². The van der Waals surface area contributed by atoms with Crippen LogP contribution in [0.2, 0.25) is 0 Å². The minimum Gasteiger partial charge on any atom is -0.339 e. The molecule has 0 spiro atoms. The highest BCUT2D eigenvalue weighted by atomic mass is 35.5. The first-order valence-corrected chi connectivity index (χ1v) is 7.29. The van der Waals surface area contributed by atoms with Crippen molar-refractivity contribution in [2.24, 2.45) is 5.73 Å². The van der Waals surface area contributed by atoms with Crippen LogP contribution in [0.25, 0.3) is 0 Å². The lowest BCUT2D eigenvalue weighted by Gasteiger charge is -2.37. The number of hydrogen-bond donors (Lipinski definition) is 1. The molecule has 0 aliphatic carbocycles. The molecule has 20 heavy (non-hydrogen) atoms. The first-order chi connectivity index (χ1) is 9.24. The summed E-state index contributed by atoms with van der Waals surface area (Å²) in [7, 11) is 0. The van der Waals surface area contributed by atoms with Gasteiger partial charge in [0.25, 0.3) is 0 Å². The normalized spacial score (nSPS) is 20.1. The molecular weight excluding hydrogens is 272 g/mol. The van der Waals surface area contributed by atoms with Gasteiger partial charge in [-0.25, -0.2) is 0 Å². The summed E-state index contributed by atoms with van der Waals surface area (Å²) in [6.07, 6.45) is 4.36. The van der Waals surface area contributed by atoms with E-state index in [9.17, 15) is 4.79 Å². The average Bonchev–Trinajstić information content (AvgIpc) is 2.47. The summed E-state index contributed by atoms with van der Waals surface area (Å²) in [6.45, 7) is 3.56. The third-order valence-electron chi connectivity index (χ3n) is 4.08. The van der Waals surface area contributed by atoms with Crippen LogP contribution < -0.4 is 5.73 Å². The van der Waals surface area contributed by atoms with Gasteiger partial charge in [0, 0.05) is 12.6 Å². The van der Waals surface area contributed by atoms with E-state index in [0.29, 0.717) is 12.6 Å². The van der Waals surface area contributed by atoms with Gasteiger partial charge in [-0.2, -0.15) is 0 Å². The van der Waals surface area contributed by atoms with Gasteiger partial charge in [-0.1, -0.05) is 30.3 Å². The fourth-order valence-corrected chi connectivity index (χ4v) is 2.92. The quantitative estimate of drug-likeness (QED) is 0.928. The van der Waals surface area contributed by atoms with E-state index in [0.717, 1.165) is 31.4 Å². The molecule has 1 aromatic carbocycles. The second-order valence-electron chi connectivity index (χ2n) is 5.39. The Labute approximate surface area is 127 Å². The van der Waals surface area contributed by atoms with Crippen LogP contribution in [0.1, 0.15) is 44.1 Å². The minimum absolute atomic E-state index is 0. The topological polar surface area (TPSA) is 46.3 Å². The number of halogens is 1. The van der Waals surface area contributed by atoms with Crippen LogP contribution in [0.5, 0.6) is 0 Å². The van der Waals surface area contributed by atoms with Crippen molar-refractivity contribution in [3.8, 4) is 0 Å². The zero-order chi connectivity index (χ0) is 13.7. The Morgan fingerprint density at radius 2 is 2.05 bits per heavy atom. The van der Waals surface area contributed by atoms with E-state index < -0.39 is 0 Å². The van der Waals surface area contributed by atoms with Gasteiger partial charge < -0.3 is 10.6 Å². The lowest BCUT2D eigenvalue weighted by Crippen LogP contribution is -2.46. The van der Waals surface area contributed by atoms with E-state index in [1.165, 1.54) is 6.42 Å². The van der Waals surface area contributed by atoms with Crippen LogP contribution in [0.15, 0.2) is 30.3 Å². The van der Waals surface area contributed by atoms with Gasteiger partial charge in [-0.15, -0.1) is 12.4 Å². The van der Waals surface area contributed by atoms with E-state index in [2.05, 4.69) is 4.90 Å². The molecule has 2 unspecified atom stereocenters. The zero-order valence-electron chi connectivity index (χ0n) is 12.1. The molecule has 4 heteroatoms. The number of likely N-dealkylation sites (tertiary alicyclic amines) is 1. The van der Waals surface area contributed by atoms with Gasteiger partial charge in [-0.3, -0.25) is 4.79 Å². The predicted octanol–water partition coefficient (Wildman–Crippen LogP) is 2.94. The first-order valence-electron chi connectivity index (χ1n) is 7.29. The number of rotatable bonds is 4. The third-order valence-corrected chi connectivity index (χ3v) is 4.08. The summed E-state index contributed by atoms with van der Waals surface area (Å²) in [6, 6.07) is 10.4. The molecule has 112 valence electrons. The fraction of sp³-hybridized carbons (Fsp3) is 0.562. The van der Waals surface area contributed by atoms with Crippen molar-refractivity contribution in [2.45, 2.75) is 44.6 Å². The molecule has 0 radical (unpaired) electrons. The summed E-state index contributed by atoms with van der Waals surface area (Å²) < 4.78 is 0. The molecule has 1 aliphatic heterocycles. The molecule has 1 saturated heterocycles. The molecule has 1 aromatic rings. The Morgan fingerprint density at radius 1 is 1.35 bits per heavy atom. The fourth-order valence-electron chi connectivity index (χ4n) is 2.92. The molecule has 0 aromatic heterocycles. The molecule has 0 bridgehead atoms. The van der Waals surface area contributed by atoms with E-state index in [4.69, 9.17) is 5.73 Å². The van der Waals surface area contributed by atoms with Crippen molar-refractivity contribution < 1.29 is 4.79 Å². The number of benzene rings is 1. The number of nitrogens with two attached hydrogens (primary N) is 1. The summed E-state index contributed by atoms with van der Waals surface area (Å²) in [4.78, 5) is 14.7. The Morgan fingerprint density at radius 3 is 2.70 bits per heavy atom. The Balaban J connectivity index is 0.00000200. The predicted molar refractivity (Wildman–Crippen MR) is 85.1 cm³/mol. The maximum atomic E-state index is 12.7. The zero-order valence-corrected chi connectivity index (χ0v) is 12.9. The second-order valence-corrected chi connectivity index (χ2v) is 5.39. The number of nitrogens with zero attached hydrogens (tertiary/aromatic N) is 1. The van der Waals surface area contributed by atoms with Crippen LogP contribution in [-0.4, -0.2) is 29.9 Å². The molecule has 1 aliphatic rings. The van der Waals surface area contributed by atoms with Gasteiger partial charge in [-0.05, 0) is 44.7 Å². The Bertz CT molecular complexity index is 408. The van der Waals surface area contributed by atoms with Gasteiger partial charge in [0.2, 0.25) is 5.91 Å². The van der Waals surface area contributed by atoms with Gasteiger partial charge in [0.1, 0.15) is 0 Å². The highest BCUT2D eigenvalue weighted by Gasteiger charge is 2.29. The van der Waals surface area contributed by atoms with Gasteiger partial charge >= 0.3 is 0 Å². The SMILES string of the molecule is CC(C(=O)N1CCCCC1CCN)c1ccccc1.Cl. The van der Waals surface area contributed by atoms with E-state index in [1.807, 2.05) is 37.3 Å². The highest BCUT2D eigenvalue weighted by Crippen LogP contribution is 2.25. The maximum absolute atomic E-state index is 12.7. The molecule has 2 atom stereocenters. The van der Waals surface area contributed by atoms with Crippen molar-refractivity contribution in [1.29, 1.82) is 0 Å². The Kier molecular flexibility index (Phi) is 7.03. The van der Waals surface area contributed by atoms with Crippen molar-refractivity contribution in [3.63, 3.8) is 0 Å². The number of hydrogen-bond acceptors (Lipinski definition) is 2. The third kappa shape index (κ3) is 3.97. The lowest BCUT2D eigenvalue weighted by atomic mass is 9.94. The van der Waals surface area contributed by atoms with Crippen LogP contribution in [0, 0.1) is 0 Å². The van der Waals surface area contributed by atoms with E-state index in [-0.39, 0.29) is 24.2 Å². The largest absolute Gasteiger partial charge is 0.339 e. The number of amides is 1. The second kappa shape index (κ2) is 8.28. The molecule has 1 fully saturated rings. The van der Waals surface area contributed by atoms with Crippen molar-refractivity contribution in [1.82, 2.24) is 4.90 Å². The molecule has 2 rings (SSSR count). The summed E-state index contributed by atoms with van der Waals surface area (Å²) in [5.41, 5.74) is 6.77. The summed E-state index contributed by atoms with van der Waals surface area (Å²) in [5.74, 6) is 0.198. The average molecular weight is 297 g/mol. The molecule has 2 N–H and O–H groups in total. The molecular formula is C16H25ClN2O. The minimum atomic E-state index is -0.0559. The Hall–Kier alpha value is -1.06. The molecule has 0 saturated carbocycles. The van der Waals surface area contributed by atoms with Gasteiger partial charge in [0.05, 0.1) is 5.92 Å². The van der Waals surface area contributed by atoms with Crippen LogP contribution >= 0.6 is 12.4 Å². The smallest absolute Gasteiger partial charge is 0.230 e. The maximum Gasteiger partial charge on any atom is 0.230 e. The van der Waals surface area contributed by atoms with Crippen molar-refractivity contribution >= 4 is 18.3 Å². The molecule has 3 nitrogen and oxygen atoms in total. The van der Waals surface area contributed by atoms with Crippen molar-refractivity contribution in [3.05, 3.63) is 35.9 Å². The van der Waals surface area contributed by atoms with Gasteiger partial charge in [0.15, 0.2) is 0 Å². The summed E-state index contributed by atoms with van der Waals surface area (Å²) in [5, 5.41) is 0. The molecule has 1 amide bonds. The van der Waals surface area contributed by atoms with Crippen molar-refractivity contribution in [2.75, 3.05) is 13.1 Å². The van der Waals surface area contributed by atoms with Crippen LogP contribution in [-0.2, 0) is 4.79 Å². The summed E-state index contributed by atoms with van der Waals surface area (Å²) >= 11 is 0. The van der Waals surface area contributed by atoms with E-state index in [1.54, 1.807) is 0 Å². The monoisotopic (exact) mass is 296 g/mol. The number of piperidine rings is 1. The van der Waals surface area contributed by atoms with Crippen LogP contribution in [0.4, 0.5) is 0 Å². The molecule has 1 heterocycles. The van der Waals surface area contributed by atoms with Crippen LogP contribution in [0.3, 0.4) is 0 Å². The number of carbonyl (C=O) groups excluding carboxylic acids is 1. The lowest BCUT2D eigenvalue weighted by molar-refractivity contribution is -0.136. The standard InChI is InChI=1S/C16H24N2O.ClH/c1-13(14-7-3-2-4-8-14)16(19)18-12-6-5-9-15(18)10-11-17;/h2-4,7-8,13,15H,5-6,9-12,17H2,1H3;1H. The number of carbonyl (C=O) groups is 1.